The Morgan fingerprint density at radius 2 is 1.70 bits per heavy atom. The third-order valence-corrected chi connectivity index (χ3v) is 5.85. The van der Waals surface area contributed by atoms with Crippen LogP contribution in [0.4, 0.5) is 5.82 Å². The van der Waals surface area contributed by atoms with Crippen molar-refractivity contribution in [2.75, 3.05) is 11.9 Å². The topological polar surface area (TPSA) is 67.2 Å². The van der Waals surface area contributed by atoms with Crippen LogP contribution in [0.3, 0.4) is 0 Å². The number of benzene rings is 2. The van der Waals surface area contributed by atoms with Crippen LogP contribution in [-0.4, -0.2) is 39.1 Å². The third-order valence-electron chi connectivity index (χ3n) is 5.11. The quantitative estimate of drug-likeness (QED) is 0.466. The smallest absolute Gasteiger partial charge is 0.254 e. The molecule has 0 aliphatic rings. The lowest BCUT2D eigenvalue weighted by Gasteiger charge is -2.26. The molecule has 0 atom stereocenters. The molecular formula is C25H28Cl2N4O2. The van der Waals surface area contributed by atoms with Crippen LogP contribution in [0, 0.1) is 0 Å². The first-order chi connectivity index (χ1) is 15.5. The maximum absolute atomic E-state index is 13.1. The minimum atomic E-state index is -0.324. The van der Waals surface area contributed by atoms with Crippen LogP contribution in [0.15, 0.2) is 54.6 Å². The Morgan fingerprint density at radius 1 is 1.03 bits per heavy atom. The molecule has 0 aliphatic carbocycles. The zero-order valence-corrected chi connectivity index (χ0v) is 20.9. The number of hydrogen-bond donors (Lipinski definition) is 1. The molecule has 3 aromatic rings. The molecule has 6 nitrogen and oxygen atoms in total. The molecule has 1 N–H and O–H groups in total. The normalized spacial score (nSPS) is 11.5. The minimum Gasteiger partial charge on any atom is -0.327 e. The Kier molecular flexibility index (Phi) is 7.50. The van der Waals surface area contributed by atoms with Crippen molar-refractivity contribution in [3.8, 4) is 5.69 Å². The highest BCUT2D eigenvalue weighted by molar-refractivity contribution is 6.42. The number of halogens is 2. The van der Waals surface area contributed by atoms with Crippen LogP contribution >= 0.6 is 23.2 Å². The van der Waals surface area contributed by atoms with E-state index in [-0.39, 0.29) is 34.8 Å². The van der Waals surface area contributed by atoms with E-state index in [1.54, 1.807) is 16.8 Å². The van der Waals surface area contributed by atoms with Gasteiger partial charge in [-0.1, -0.05) is 62.2 Å². The first kappa shape index (κ1) is 24.8. The van der Waals surface area contributed by atoms with Crippen LogP contribution < -0.4 is 5.32 Å². The predicted octanol–water partition coefficient (Wildman–Crippen LogP) is 5.97. The first-order valence-corrected chi connectivity index (χ1v) is 11.4. The average molecular weight is 487 g/mol. The SMILES string of the molecule is CC(C)N(CC(=O)Nc1cc(C(C)(C)C)nn1-c1ccccc1)C(=O)c1ccc(Cl)c(Cl)c1. The van der Waals surface area contributed by atoms with Crippen LogP contribution in [0.5, 0.6) is 0 Å². The van der Waals surface area contributed by atoms with E-state index in [1.165, 1.54) is 11.0 Å². The number of carbonyl (C=O) groups excluding carboxylic acids is 2. The van der Waals surface area contributed by atoms with Gasteiger partial charge in [0.2, 0.25) is 5.91 Å². The van der Waals surface area contributed by atoms with Crippen LogP contribution in [-0.2, 0) is 10.2 Å². The minimum absolute atomic E-state index is 0.123. The molecule has 174 valence electrons. The van der Waals surface area contributed by atoms with E-state index in [4.69, 9.17) is 28.3 Å². The van der Waals surface area contributed by atoms with Gasteiger partial charge in [0.15, 0.2) is 0 Å². The number of hydrogen-bond acceptors (Lipinski definition) is 3. The van der Waals surface area contributed by atoms with Gasteiger partial charge in [-0.3, -0.25) is 9.59 Å². The van der Waals surface area contributed by atoms with Gasteiger partial charge in [0.05, 0.1) is 21.4 Å². The van der Waals surface area contributed by atoms with Gasteiger partial charge in [0.25, 0.3) is 5.91 Å². The van der Waals surface area contributed by atoms with Crippen molar-refractivity contribution < 1.29 is 9.59 Å². The van der Waals surface area contributed by atoms with Crippen LogP contribution in [0.1, 0.15) is 50.7 Å². The molecule has 2 amide bonds. The fourth-order valence-electron chi connectivity index (χ4n) is 3.22. The molecule has 0 fully saturated rings. The van der Waals surface area contributed by atoms with E-state index in [0.717, 1.165) is 11.4 Å². The number of carbonyl (C=O) groups is 2. The van der Waals surface area contributed by atoms with Gasteiger partial charge in [-0.05, 0) is 44.2 Å². The van der Waals surface area contributed by atoms with E-state index < -0.39 is 0 Å². The second-order valence-corrected chi connectivity index (χ2v) is 9.93. The molecule has 0 saturated carbocycles. The van der Waals surface area contributed by atoms with E-state index in [0.29, 0.717) is 16.4 Å². The molecule has 1 heterocycles. The summed E-state index contributed by atoms with van der Waals surface area (Å²) < 4.78 is 1.71. The molecule has 0 bridgehead atoms. The molecule has 0 aliphatic heterocycles. The second kappa shape index (κ2) is 9.98. The van der Waals surface area contributed by atoms with Crippen molar-refractivity contribution in [3.63, 3.8) is 0 Å². The highest BCUT2D eigenvalue weighted by Crippen LogP contribution is 2.27. The lowest BCUT2D eigenvalue weighted by atomic mass is 9.92. The lowest BCUT2D eigenvalue weighted by molar-refractivity contribution is -0.117. The molecule has 0 radical (unpaired) electrons. The first-order valence-electron chi connectivity index (χ1n) is 10.7. The Hall–Kier alpha value is -2.83. The maximum Gasteiger partial charge on any atom is 0.254 e. The summed E-state index contributed by atoms with van der Waals surface area (Å²) in [4.78, 5) is 27.6. The zero-order chi connectivity index (χ0) is 24.3. The molecule has 8 heteroatoms. The fraction of sp³-hybridized carbons (Fsp3) is 0.320. The molecule has 0 spiro atoms. The molecule has 3 rings (SSSR count). The van der Waals surface area contributed by atoms with Gasteiger partial charge in [0.1, 0.15) is 12.4 Å². The maximum atomic E-state index is 13.1. The fourth-order valence-corrected chi connectivity index (χ4v) is 3.52. The third kappa shape index (κ3) is 5.95. The van der Waals surface area contributed by atoms with E-state index in [9.17, 15) is 9.59 Å². The highest BCUT2D eigenvalue weighted by atomic mass is 35.5. The molecular weight excluding hydrogens is 459 g/mol. The van der Waals surface area contributed by atoms with Crippen molar-refractivity contribution >= 4 is 40.8 Å². The molecule has 0 saturated heterocycles. The van der Waals surface area contributed by atoms with Crippen molar-refractivity contribution in [2.24, 2.45) is 0 Å². The van der Waals surface area contributed by atoms with Crippen molar-refractivity contribution in [2.45, 2.75) is 46.1 Å². The number of amides is 2. The molecule has 0 unspecified atom stereocenters. The Balaban J connectivity index is 1.85. The summed E-state index contributed by atoms with van der Waals surface area (Å²) in [6.45, 7) is 9.77. The summed E-state index contributed by atoms with van der Waals surface area (Å²) in [7, 11) is 0. The van der Waals surface area contributed by atoms with Crippen molar-refractivity contribution in [1.82, 2.24) is 14.7 Å². The van der Waals surface area contributed by atoms with Gasteiger partial charge in [-0.25, -0.2) is 4.68 Å². The predicted molar refractivity (Wildman–Crippen MR) is 134 cm³/mol. The van der Waals surface area contributed by atoms with Gasteiger partial charge < -0.3 is 10.2 Å². The van der Waals surface area contributed by atoms with Gasteiger partial charge in [-0.15, -0.1) is 0 Å². The Labute approximate surface area is 204 Å². The summed E-state index contributed by atoms with van der Waals surface area (Å²) in [6.07, 6.45) is 0. The Bertz CT molecular complexity index is 1150. The van der Waals surface area contributed by atoms with E-state index in [1.807, 2.05) is 50.2 Å². The highest BCUT2D eigenvalue weighted by Gasteiger charge is 2.25. The largest absolute Gasteiger partial charge is 0.327 e. The summed E-state index contributed by atoms with van der Waals surface area (Å²) >= 11 is 12.1. The summed E-state index contributed by atoms with van der Waals surface area (Å²) in [5.74, 6) is -0.0814. The van der Waals surface area contributed by atoms with E-state index >= 15 is 0 Å². The van der Waals surface area contributed by atoms with Crippen LogP contribution in [0.2, 0.25) is 10.0 Å². The Morgan fingerprint density at radius 3 is 2.27 bits per heavy atom. The average Bonchev–Trinajstić information content (AvgIpc) is 3.18. The number of aromatic nitrogens is 2. The number of nitrogens with one attached hydrogen (secondary N) is 1. The monoisotopic (exact) mass is 486 g/mol. The molecule has 2 aromatic carbocycles. The number of nitrogens with zero attached hydrogens (tertiary/aromatic N) is 3. The van der Waals surface area contributed by atoms with Gasteiger partial charge >= 0.3 is 0 Å². The number of anilines is 1. The second-order valence-electron chi connectivity index (χ2n) is 9.12. The zero-order valence-electron chi connectivity index (χ0n) is 19.4. The van der Waals surface area contributed by atoms with Gasteiger partial charge in [-0.2, -0.15) is 5.10 Å². The van der Waals surface area contributed by atoms with Crippen molar-refractivity contribution in [3.05, 3.63) is 75.9 Å². The van der Waals surface area contributed by atoms with E-state index in [2.05, 4.69) is 26.1 Å². The van der Waals surface area contributed by atoms with Crippen LogP contribution in [0.25, 0.3) is 5.69 Å². The summed E-state index contributed by atoms with van der Waals surface area (Å²) in [5.41, 5.74) is 1.84. The standard InChI is InChI=1S/C25H28Cl2N4O2/c1-16(2)30(24(33)17-11-12-19(26)20(27)13-17)15-23(32)28-22-14-21(25(3,4)5)29-31(22)18-9-7-6-8-10-18/h6-14,16H,15H2,1-5H3,(H,28,32). The van der Waals surface area contributed by atoms with Crippen molar-refractivity contribution in [1.29, 1.82) is 0 Å². The number of rotatable bonds is 6. The van der Waals surface area contributed by atoms with Gasteiger partial charge in [0, 0.05) is 23.1 Å². The summed E-state index contributed by atoms with van der Waals surface area (Å²) in [5, 5.41) is 8.30. The molecule has 1 aromatic heterocycles. The molecule has 33 heavy (non-hydrogen) atoms. The summed E-state index contributed by atoms with van der Waals surface area (Å²) in [6, 6.07) is 15.9. The number of para-hydroxylation sites is 1. The lowest BCUT2D eigenvalue weighted by Crippen LogP contribution is -2.42.